The highest BCUT2D eigenvalue weighted by Gasteiger charge is 2.71. The summed E-state index contributed by atoms with van der Waals surface area (Å²) in [5.41, 5.74) is 0.436. The van der Waals surface area contributed by atoms with E-state index >= 15 is 0 Å². The maximum atomic E-state index is 12.7. The van der Waals surface area contributed by atoms with Gasteiger partial charge in [0.2, 0.25) is 0 Å². The highest BCUT2D eigenvalue weighted by Crippen LogP contribution is 2.70. The van der Waals surface area contributed by atoms with Gasteiger partial charge in [0.25, 0.3) is 0 Å². The minimum Gasteiger partial charge on any atom is -0.461 e. The van der Waals surface area contributed by atoms with Crippen molar-refractivity contribution in [2.24, 2.45) is 22.7 Å². The number of hydrogen-bond donors (Lipinski definition) is 1. The predicted molar refractivity (Wildman–Crippen MR) is 90.2 cm³/mol. The van der Waals surface area contributed by atoms with Crippen molar-refractivity contribution < 1.29 is 19.4 Å². The van der Waals surface area contributed by atoms with E-state index in [1.54, 1.807) is 19.9 Å². The molecule has 5 unspecified atom stereocenters. The molecule has 132 valence electrons. The van der Waals surface area contributed by atoms with Crippen LogP contribution in [0.15, 0.2) is 23.8 Å². The Balaban J connectivity index is 1.67. The van der Waals surface area contributed by atoms with Crippen molar-refractivity contribution in [1.82, 2.24) is 0 Å². The number of allylic oxidation sites excluding steroid dienone is 2. The Kier molecular flexibility index (Phi) is 3.53. The molecule has 0 spiro atoms. The van der Waals surface area contributed by atoms with Crippen LogP contribution >= 0.6 is 0 Å². The van der Waals surface area contributed by atoms with E-state index in [2.05, 4.69) is 6.92 Å². The molecule has 2 saturated carbocycles. The maximum absolute atomic E-state index is 12.7. The van der Waals surface area contributed by atoms with Gasteiger partial charge in [-0.2, -0.15) is 0 Å². The zero-order valence-electron chi connectivity index (χ0n) is 14.9. The van der Waals surface area contributed by atoms with Crippen molar-refractivity contribution in [3.63, 3.8) is 0 Å². The summed E-state index contributed by atoms with van der Waals surface area (Å²) in [5.74, 6) is 0.159. The summed E-state index contributed by atoms with van der Waals surface area (Å²) in [6.07, 6.45) is 10.3. The second-order valence-electron chi connectivity index (χ2n) is 8.90. The summed E-state index contributed by atoms with van der Waals surface area (Å²) in [6, 6.07) is 0. The number of aliphatic hydroxyl groups is 1. The zero-order valence-corrected chi connectivity index (χ0v) is 14.9. The fraction of sp³-hybridized carbons (Fsp3) is 0.750. The van der Waals surface area contributed by atoms with Crippen molar-refractivity contribution >= 4 is 5.97 Å². The molecule has 24 heavy (non-hydrogen) atoms. The number of fused-ring (bicyclic) bond motifs is 1. The van der Waals surface area contributed by atoms with Crippen LogP contribution in [0.4, 0.5) is 0 Å². The molecule has 4 rings (SSSR count). The molecule has 2 aliphatic heterocycles. The molecule has 2 heterocycles. The molecule has 5 atom stereocenters. The van der Waals surface area contributed by atoms with Crippen LogP contribution in [-0.4, -0.2) is 36.0 Å². The highest BCUT2D eigenvalue weighted by molar-refractivity contribution is 5.77. The monoisotopic (exact) mass is 332 g/mol. The summed E-state index contributed by atoms with van der Waals surface area (Å²) in [6.45, 7) is 6.92. The van der Waals surface area contributed by atoms with E-state index < -0.39 is 5.60 Å². The van der Waals surface area contributed by atoms with Gasteiger partial charge in [0.15, 0.2) is 0 Å². The molecule has 2 bridgehead atoms. The average Bonchev–Trinajstić information content (AvgIpc) is 2.96. The number of ether oxygens (including phenoxy) is 2. The van der Waals surface area contributed by atoms with Crippen LogP contribution in [-0.2, 0) is 14.3 Å². The Morgan fingerprint density at radius 1 is 1.29 bits per heavy atom. The largest absolute Gasteiger partial charge is 0.461 e. The van der Waals surface area contributed by atoms with Crippen LogP contribution in [0.5, 0.6) is 0 Å². The molecule has 0 aromatic carbocycles. The second-order valence-corrected chi connectivity index (χ2v) is 8.90. The lowest BCUT2D eigenvalue weighted by atomic mass is 9.50. The molecule has 4 heteroatoms. The van der Waals surface area contributed by atoms with E-state index in [0.29, 0.717) is 19.3 Å². The third-order valence-corrected chi connectivity index (χ3v) is 7.14. The number of carbonyl (C=O) groups excluding carboxylic acids is 1. The number of hydrogen-bond acceptors (Lipinski definition) is 4. The van der Waals surface area contributed by atoms with Crippen molar-refractivity contribution in [2.45, 2.75) is 58.2 Å². The summed E-state index contributed by atoms with van der Waals surface area (Å²) in [4.78, 5) is 12.7. The van der Waals surface area contributed by atoms with Crippen molar-refractivity contribution in [2.75, 3.05) is 13.2 Å². The van der Waals surface area contributed by atoms with E-state index in [1.807, 2.05) is 12.2 Å². The molecule has 0 aromatic rings. The van der Waals surface area contributed by atoms with Crippen LogP contribution in [0.25, 0.3) is 0 Å². The van der Waals surface area contributed by atoms with Gasteiger partial charge in [-0.05, 0) is 51.0 Å². The Bertz CT molecular complexity index is 604. The van der Waals surface area contributed by atoms with Gasteiger partial charge in [-0.3, -0.25) is 4.79 Å². The number of cyclic esters (lactones) is 1. The minimum absolute atomic E-state index is 0.0271. The molecular formula is C20H28O4. The lowest BCUT2D eigenvalue weighted by molar-refractivity contribution is -0.168. The van der Waals surface area contributed by atoms with Crippen molar-refractivity contribution in [3.05, 3.63) is 23.8 Å². The van der Waals surface area contributed by atoms with Gasteiger partial charge in [-0.15, -0.1) is 0 Å². The Hall–Kier alpha value is -1.13. The Morgan fingerprint density at radius 2 is 2.08 bits per heavy atom. The summed E-state index contributed by atoms with van der Waals surface area (Å²) >= 11 is 0. The Labute approximate surface area is 143 Å². The van der Waals surface area contributed by atoms with E-state index in [0.717, 1.165) is 25.7 Å². The van der Waals surface area contributed by atoms with Crippen LogP contribution in [0.1, 0.15) is 46.5 Å². The molecule has 4 aliphatic rings. The first-order valence-electron chi connectivity index (χ1n) is 9.16. The highest BCUT2D eigenvalue weighted by atomic mass is 16.5. The molecular weight excluding hydrogens is 304 g/mol. The van der Waals surface area contributed by atoms with Gasteiger partial charge in [0.1, 0.15) is 6.61 Å². The number of carbonyl (C=O) groups is 1. The zero-order chi connectivity index (χ0) is 17.2. The summed E-state index contributed by atoms with van der Waals surface area (Å²) in [5, 5.41) is 9.85. The quantitative estimate of drug-likeness (QED) is 0.790. The van der Waals surface area contributed by atoms with Gasteiger partial charge in [-0.25, -0.2) is 0 Å². The van der Waals surface area contributed by atoms with Crippen molar-refractivity contribution in [1.29, 1.82) is 0 Å². The first-order valence-corrected chi connectivity index (χ1v) is 9.16. The lowest BCUT2D eigenvalue weighted by Gasteiger charge is -2.53. The SMILES string of the molecule is CC(C)(O)C=CC=C1COC(=O)C2C1CCC1(C)C3CCC21CO3. The van der Waals surface area contributed by atoms with E-state index in [9.17, 15) is 9.90 Å². The van der Waals surface area contributed by atoms with Crippen LogP contribution in [0, 0.1) is 22.7 Å². The van der Waals surface area contributed by atoms with Gasteiger partial charge in [0.05, 0.1) is 24.2 Å². The lowest BCUT2D eigenvalue weighted by Crippen LogP contribution is -2.55. The molecule has 2 aliphatic carbocycles. The molecule has 2 saturated heterocycles. The standard InChI is InChI=1S/C20H28O4/c1-18(2,22)8-4-5-13-11-23-17(21)16-14(13)6-9-19(3)15-7-10-20(16,19)12-24-15/h4-5,8,14-16,22H,6-7,9-12H2,1-3H3. The Morgan fingerprint density at radius 3 is 2.75 bits per heavy atom. The number of rotatable bonds is 2. The summed E-state index contributed by atoms with van der Waals surface area (Å²) < 4.78 is 11.7. The fourth-order valence-corrected chi connectivity index (χ4v) is 5.80. The molecule has 0 radical (unpaired) electrons. The molecule has 0 amide bonds. The molecule has 1 N–H and O–H groups in total. The number of esters is 1. The fourth-order valence-electron chi connectivity index (χ4n) is 5.80. The minimum atomic E-state index is -0.830. The predicted octanol–water partition coefficient (Wildman–Crippen LogP) is 3.01. The molecule has 4 nitrogen and oxygen atoms in total. The molecule has 0 aromatic heterocycles. The van der Waals surface area contributed by atoms with Gasteiger partial charge in [0, 0.05) is 10.8 Å². The molecule has 4 fully saturated rings. The van der Waals surface area contributed by atoms with Gasteiger partial charge >= 0.3 is 5.97 Å². The summed E-state index contributed by atoms with van der Waals surface area (Å²) in [7, 11) is 0. The second kappa shape index (κ2) is 5.18. The third-order valence-electron chi connectivity index (χ3n) is 7.14. The van der Waals surface area contributed by atoms with Gasteiger partial charge in [-0.1, -0.05) is 25.2 Å². The van der Waals surface area contributed by atoms with E-state index in [-0.39, 0.29) is 28.6 Å². The third kappa shape index (κ3) is 2.15. The first kappa shape index (κ1) is 16.3. The first-order chi connectivity index (χ1) is 11.3. The van der Waals surface area contributed by atoms with E-state index in [1.165, 1.54) is 5.57 Å². The van der Waals surface area contributed by atoms with Crippen molar-refractivity contribution in [3.8, 4) is 0 Å². The van der Waals surface area contributed by atoms with Crippen LogP contribution < -0.4 is 0 Å². The maximum Gasteiger partial charge on any atom is 0.310 e. The normalized spacial score (nSPS) is 46.2. The van der Waals surface area contributed by atoms with Crippen LogP contribution in [0.2, 0.25) is 0 Å². The van der Waals surface area contributed by atoms with Gasteiger partial charge < -0.3 is 14.6 Å². The average molecular weight is 332 g/mol. The smallest absolute Gasteiger partial charge is 0.310 e. The topological polar surface area (TPSA) is 55.8 Å². The van der Waals surface area contributed by atoms with E-state index in [4.69, 9.17) is 9.47 Å². The van der Waals surface area contributed by atoms with Crippen LogP contribution in [0.3, 0.4) is 0 Å².